The van der Waals surface area contributed by atoms with Gasteiger partial charge in [-0.25, -0.2) is 0 Å². The number of fused-ring (bicyclic) bond motifs is 1. The number of benzene rings is 2. The zero-order chi connectivity index (χ0) is 15.6. The van der Waals surface area contributed by atoms with Crippen LogP contribution in [0.15, 0.2) is 48.5 Å². The van der Waals surface area contributed by atoms with Gasteiger partial charge in [-0.15, -0.1) is 12.4 Å². The number of aryl methyl sites for hydroxylation is 1. The third-order valence-electron chi connectivity index (χ3n) is 4.01. The van der Waals surface area contributed by atoms with Crippen LogP contribution in [0.1, 0.15) is 24.5 Å². The van der Waals surface area contributed by atoms with Crippen molar-refractivity contribution >= 4 is 24.0 Å². The quantitative estimate of drug-likeness (QED) is 0.906. The number of anilines is 1. The Kier molecular flexibility index (Phi) is 5.29. The number of hydrogen-bond acceptors (Lipinski definition) is 3. The molecular weight excluding hydrogens is 312 g/mol. The molecule has 122 valence electrons. The van der Waals surface area contributed by atoms with Crippen LogP contribution in [0.3, 0.4) is 0 Å². The number of carbonyl (C=O) groups is 1. The van der Waals surface area contributed by atoms with Crippen molar-refractivity contribution in [2.45, 2.75) is 25.3 Å². The molecular formula is C18H21ClN2O2. The van der Waals surface area contributed by atoms with Crippen molar-refractivity contribution in [1.82, 2.24) is 0 Å². The normalized spacial score (nSPS) is 15.4. The molecule has 2 aromatic rings. The Morgan fingerprint density at radius 3 is 2.70 bits per heavy atom. The molecule has 0 aliphatic carbocycles. The van der Waals surface area contributed by atoms with Gasteiger partial charge in [0, 0.05) is 5.69 Å². The number of nitrogens with one attached hydrogen (secondary N) is 1. The maximum absolute atomic E-state index is 12.5. The predicted molar refractivity (Wildman–Crippen MR) is 94.1 cm³/mol. The van der Waals surface area contributed by atoms with E-state index in [0.717, 1.165) is 42.0 Å². The number of rotatable bonds is 3. The van der Waals surface area contributed by atoms with Crippen LogP contribution in [-0.4, -0.2) is 12.5 Å². The SMILES string of the molecule is CC(N)(C(=O)Nc1ccc2c(c1)CCCO2)c1ccccc1.Cl. The van der Waals surface area contributed by atoms with Crippen molar-refractivity contribution in [3.8, 4) is 5.75 Å². The van der Waals surface area contributed by atoms with Gasteiger partial charge in [-0.1, -0.05) is 30.3 Å². The van der Waals surface area contributed by atoms with Gasteiger partial charge in [0.05, 0.1) is 6.61 Å². The molecule has 4 nitrogen and oxygen atoms in total. The fourth-order valence-corrected chi connectivity index (χ4v) is 2.61. The fraction of sp³-hybridized carbons (Fsp3) is 0.278. The highest BCUT2D eigenvalue weighted by Crippen LogP contribution is 2.28. The number of hydrogen-bond donors (Lipinski definition) is 2. The van der Waals surface area contributed by atoms with Crippen LogP contribution >= 0.6 is 12.4 Å². The van der Waals surface area contributed by atoms with E-state index in [4.69, 9.17) is 10.5 Å². The van der Waals surface area contributed by atoms with Crippen LogP contribution in [0, 0.1) is 0 Å². The molecule has 0 fully saturated rings. The summed E-state index contributed by atoms with van der Waals surface area (Å²) in [7, 11) is 0. The second-order valence-corrected chi connectivity index (χ2v) is 5.80. The third kappa shape index (κ3) is 3.66. The van der Waals surface area contributed by atoms with Gasteiger partial charge in [0.25, 0.3) is 0 Å². The molecule has 0 saturated heterocycles. The third-order valence-corrected chi connectivity index (χ3v) is 4.01. The van der Waals surface area contributed by atoms with Gasteiger partial charge in [0.2, 0.25) is 5.91 Å². The lowest BCUT2D eigenvalue weighted by Crippen LogP contribution is -2.45. The molecule has 1 unspecified atom stereocenters. The molecule has 0 bridgehead atoms. The van der Waals surface area contributed by atoms with E-state index in [2.05, 4.69) is 5.32 Å². The maximum atomic E-state index is 12.5. The van der Waals surface area contributed by atoms with Gasteiger partial charge in [0.15, 0.2) is 0 Å². The van der Waals surface area contributed by atoms with E-state index in [1.807, 2.05) is 48.5 Å². The molecule has 3 N–H and O–H groups in total. The van der Waals surface area contributed by atoms with Gasteiger partial charge in [-0.2, -0.15) is 0 Å². The number of ether oxygens (including phenoxy) is 1. The molecule has 1 amide bonds. The maximum Gasteiger partial charge on any atom is 0.248 e. The second-order valence-electron chi connectivity index (χ2n) is 5.80. The van der Waals surface area contributed by atoms with E-state index >= 15 is 0 Å². The molecule has 0 aromatic heterocycles. The molecule has 23 heavy (non-hydrogen) atoms. The van der Waals surface area contributed by atoms with Crippen molar-refractivity contribution in [2.75, 3.05) is 11.9 Å². The van der Waals surface area contributed by atoms with E-state index in [-0.39, 0.29) is 18.3 Å². The molecule has 3 rings (SSSR count). The molecule has 5 heteroatoms. The minimum Gasteiger partial charge on any atom is -0.493 e. The largest absolute Gasteiger partial charge is 0.493 e. The Bertz CT molecular complexity index is 687. The molecule has 0 radical (unpaired) electrons. The predicted octanol–water partition coefficient (Wildman–Crippen LogP) is 3.25. The lowest BCUT2D eigenvalue weighted by molar-refractivity contribution is -0.120. The van der Waals surface area contributed by atoms with Gasteiger partial charge in [-0.05, 0) is 49.1 Å². The van der Waals surface area contributed by atoms with Crippen LogP contribution < -0.4 is 15.8 Å². The van der Waals surface area contributed by atoms with E-state index in [9.17, 15) is 4.79 Å². The van der Waals surface area contributed by atoms with Crippen molar-refractivity contribution < 1.29 is 9.53 Å². The first-order chi connectivity index (χ1) is 10.6. The molecule has 1 aliphatic heterocycles. The number of carbonyl (C=O) groups excluding carboxylic acids is 1. The summed E-state index contributed by atoms with van der Waals surface area (Å²) in [6.07, 6.45) is 1.97. The van der Waals surface area contributed by atoms with Crippen LogP contribution in [0.25, 0.3) is 0 Å². The Balaban J connectivity index is 0.00000192. The zero-order valence-corrected chi connectivity index (χ0v) is 13.9. The Morgan fingerprint density at radius 1 is 1.22 bits per heavy atom. The van der Waals surface area contributed by atoms with Crippen LogP contribution in [-0.2, 0) is 16.8 Å². The summed E-state index contributed by atoms with van der Waals surface area (Å²) in [6, 6.07) is 15.1. The van der Waals surface area contributed by atoms with Crippen molar-refractivity contribution in [1.29, 1.82) is 0 Å². The highest BCUT2D eigenvalue weighted by Gasteiger charge is 2.30. The average molecular weight is 333 g/mol. The number of nitrogens with two attached hydrogens (primary N) is 1. The Labute approximate surface area is 142 Å². The first-order valence-electron chi connectivity index (χ1n) is 7.49. The highest BCUT2D eigenvalue weighted by molar-refractivity contribution is 5.98. The Hall–Kier alpha value is -2.04. The van der Waals surface area contributed by atoms with Gasteiger partial charge >= 0.3 is 0 Å². The van der Waals surface area contributed by atoms with Crippen molar-refractivity contribution in [3.05, 3.63) is 59.7 Å². The van der Waals surface area contributed by atoms with E-state index < -0.39 is 5.54 Å². The van der Waals surface area contributed by atoms with Crippen molar-refractivity contribution in [2.24, 2.45) is 5.73 Å². The van der Waals surface area contributed by atoms with Gasteiger partial charge in [0.1, 0.15) is 11.3 Å². The van der Waals surface area contributed by atoms with Gasteiger partial charge in [-0.3, -0.25) is 4.79 Å². The summed E-state index contributed by atoms with van der Waals surface area (Å²) in [5, 5.41) is 2.91. The summed E-state index contributed by atoms with van der Waals surface area (Å²) in [5.74, 6) is 0.679. The minimum atomic E-state index is -1.08. The van der Waals surface area contributed by atoms with Crippen LogP contribution in [0.4, 0.5) is 5.69 Å². The van der Waals surface area contributed by atoms with E-state index in [1.54, 1.807) is 6.92 Å². The molecule has 0 saturated carbocycles. The summed E-state index contributed by atoms with van der Waals surface area (Å²) < 4.78 is 5.58. The second kappa shape index (κ2) is 7.02. The summed E-state index contributed by atoms with van der Waals surface area (Å²) >= 11 is 0. The van der Waals surface area contributed by atoms with Crippen LogP contribution in [0.2, 0.25) is 0 Å². The zero-order valence-electron chi connectivity index (χ0n) is 13.0. The topological polar surface area (TPSA) is 64.4 Å². The van der Waals surface area contributed by atoms with Crippen LogP contribution in [0.5, 0.6) is 5.75 Å². The summed E-state index contributed by atoms with van der Waals surface area (Å²) in [5.41, 5.74) is 7.82. The summed E-state index contributed by atoms with van der Waals surface area (Å²) in [6.45, 7) is 2.48. The lowest BCUT2D eigenvalue weighted by Gasteiger charge is -2.25. The standard InChI is InChI=1S/C18H20N2O2.ClH/c1-18(19,14-7-3-2-4-8-14)17(21)20-15-9-10-16-13(12-15)6-5-11-22-16;/h2-4,7-10,12H,5-6,11,19H2,1H3,(H,20,21);1H. The smallest absolute Gasteiger partial charge is 0.248 e. The molecule has 1 aliphatic rings. The minimum absolute atomic E-state index is 0. The number of amides is 1. The molecule has 0 spiro atoms. The van der Waals surface area contributed by atoms with Crippen molar-refractivity contribution in [3.63, 3.8) is 0 Å². The average Bonchev–Trinajstić information content (AvgIpc) is 2.55. The van der Waals surface area contributed by atoms with E-state index in [0.29, 0.717) is 0 Å². The van der Waals surface area contributed by atoms with E-state index in [1.165, 1.54) is 0 Å². The molecule has 1 heterocycles. The van der Waals surface area contributed by atoms with Gasteiger partial charge < -0.3 is 15.8 Å². The molecule has 1 atom stereocenters. The monoisotopic (exact) mass is 332 g/mol. The number of halogens is 1. The fourth-order valence-electron chi connectivity index (χ4n) is 2.61. The first kappa shape index (κ1) is 17.3. The summed E-state index contributed by atoms with van der Waals surface area (Å²) in [4.78, 5) is 12.5. The highest BCUT2D eigenvalue weighted by atomic mass is 35.5. The first-order valence-corrected chi connectivity index (χ1v) is 7.49. The Morgan fingerprint density at radius 2 is 1.96 bits per heavy atom. The lowest BCUT2D eigenvalue weighted by atomic mass is 9.92. The molecule has 2 aromatic carbocycles.